The van der Waals surface area contributed by atoms with Gasteiger partial charge in [-0.1, -0.05) is 24.1 Å². The SMILES string of the molecule is O=C1O[C@@]23CCCCC2(c2cc(Cl)ccc2N3)c2ccc(O)c(O)c21. The number of carbonyl (C=O) groups excluding carboxylic acids is 1. The molecule has 3 aliphatic rings. The molecule has 1 saturated carbocycles. The molecule has 0 radical (unpaired) electrons. The molecule has 1 fully saturated rings. The summed E-state index contributed by atoms with van der Waals surface area (Å²) >= 11 is 6.27. The number of benzene rings is 2. The zero-order valence-corrected chi connectivity index (χ0v) is 14.1. The van der Waals surface area contributed by atoms with E-state index in [-0.39, 0.29) is 11.3 Å². The van der Waals surface area contributed by atoms with Gasteiger partial charge >= 0.3 is 5.97 Å². The minimum Gasteiger partial charge on any atom is -0.504 e. The summed E-state index contributed by atoms with van der Waals surface area (Å²) in [7, 11) is 0. The number of nitrogens with one attached hydrogen (secondary N) is 1. The average molecular weight is 358 g/mol. The van der Waals surface area contributed by atoms with E-state index in [2.05, 4.69) is 5.32 Å². The van der Waals surface area contributed by atoms with Crippen LogP contribution in [0.1, 0.15) is 47.2 Å². The summed E-state index contributed by atoms with van der Waals surface area (Å²) in [6, 6.07) is 8.77. The quantitative estimate of drug-likeness (QED) is 0.492. The molecule has 5 rings (SSSR count). The molecule has 0 aromatic heterocycles. The summed E-state index contributed by atoms with van der Waals surface area (Å²) in [6.07, 6.45) is 3.33. The maximum absolute atomic E-state index is 12.7. The van der Waals surface area contributed by atoms with Crippen molar-refractivity contribution in [2.24, 2.45) is 0 Å². The maximum atomic E-state index is 12.7. The van der Waals surface area contributed by atoms with E-state index in [1.807, 2.05) is 12.1 Å². The molecule has 2 aromatic rings. The minimum absolute atomic E-state index is 0.0483. The average Bonchev–Trinajstić information content (AvgIpc) is 2.88. The number of carbonyl (C=O) groups is 1. The van der Waals surface area contributed by atoms with Gasteiger partial charge < -0.3 is 20.3 Å². The van der Waals surface area contributed by atoms with Gasteiger partial charge in [0.1, 0.15) is 5.56 Å². The highest BCUT2D eigenvalue weighted by Crippen LogP contribution is 2.63. The largest absolute Gasteiger partial charge is 0.504 e. The zero-order valence-electron chi connectivity index (χ0n) is 13.3. The number of hydrogen-bond donors (Lipinski definition) is 3. The van der Waals surface area contributed by atoms with E-state index in [0.29, 0.717) is 17.0 Å². The molecular formula is C19H16ClNO4. The number of aromatic hydroxyl groups is 2. The standard InChI is InChI=1S/C19H16ClNO4/c20-10-3-5-13-12(9-10)18-7-1-2-8-19(18,21-13)25-17(24)15-11(18)4-6-14(22)16(15)23/h3-6,9,21-23H,1-2,7-8H2/t18?,19-/m0/s1. The number of halogens is 1. The van der Waals surface area contributed by atoms with Crippen molar-refractivity contribution in [3.05, 3.63) is 52.0 Å². The van der Waals surface area contributed by atoms with Crippen LogP contribution in [0.2, 0.25) is 5.02 Å². The third-order valence-corrected chi connectivity index (χ3v) is 6.12. The molecule has 2 heterocycles. The number of ether oxygens (including phenoxy) is 1. The molecule has 2 aromatic carbocycles. The van der Waals surface area contributed by atoms with Crippen LogP contribution in [0.15, 0.2) is 30.3 Å². The Morgan fingerprint density at radius 3 is 2.72 bits per heavy atom. The van der Waals surface area contributed by atoms with E-state index in [1.165, 1.54) is 6.07 Å². The first-order chi connectivity index (χ1) is 12.0. The molecule has 128 valence electrons. The van der Waals surface area contributed by atoms with Crippen LogP contribution in [0.5, 0.6) is 11.5 Å². The Morgan fingerprint density at radius 1 is 1.08 bits per heavy atom. The predicted octanol–water partition coefficient (Wildman–Crippen LogP) is 3.90. The van der Waals surface area contributed by atoms with E-state index in [1.54, 1.807) is 12.1 Å². The number of fused-ring (bicyclic) bond motifs is 2. The number of hydrogen-bond acceptors (Lipinski definition) is 5. The van der Waals surface area contributed by atoms with Crippen molar-refractivity contribution < 1.29 is 19.7 Å². The van der Waals surface area contributed by atoms with Crippen LogP contribution in [0, 0.1) is 0 Å². The molecular weight excluding hydrogens is 342 g/mol. The molecule has 25 heavy (non-hydrogen) atoms. The summed E-state index contributed by atoms with van der Waals surface area (Å²) in [5.74, 6) is -1.37. The van der Waals surface area contributed by atoms with E-state index in [9.17, 15) is 15.0 Å². The first-order valence-electron chi connectivity index (χ1n) is 8.35. The topological polar surface area (TPSA) is 78.8 Å². The molecule has 0 amide bonds. The molecule has 5 nitrogen and oxygen atoms in total. The Balaban J connectivity index is 1.90. The van der Waals surface area contributed by atoms with Crippen molar-refractivity contribution >= 4 is 23.3 Å². The summed E-state index contributed by atoms with van der Waals surface area (Å²) in [5, 5.41) is 24.2. The fourth-order valence-electron chi connectivity index (χ4n) is 4.91. The number of phenols is 2. The first-order valence-corrected chi connectivity index (χ1v) is 8.73. The van der Waals surface area contributed by atoms with Crippen LogP contribution in [0.25, 0.3) is 0 Å². The van der Waals surface area contributed by atoms with Crippen molar-refractivity contribution in [3.63, 3.8) is 0 Å². The Hall–Kier alpha value is -2.40. The van der Waals surface area contributed by atoms with E-state index in [4.69, 9.17) is 16.3 Å². The van der Waals surface area contributed by atoms with Gasteiger partial charge in [0.2, 0.25) is 0 Å². The number of rotatable bonds is 0. The Bertz CT molecular complexity index is 943. The molecule has 2 aliphatic heterocycles. The maximum Gasteiger partial charge on any atom is 0.344 e. The fraction of sp³-hybridized carbons (Fsp3) is 0.316. The van der Waals surface area contributed by atoms with Crippen LogP contribution >= 0.6 is 11.6 Å². The van der Waals surface area contributed by atoms with Gasteiger partial charge in [0.25, 0.3) is 0 Å². The van der Waals surface area contributed by atoms with Gasteiger partial charge in [0.15, 0.2) is 17.2 Å². The van der Waals surface area contributed by atoms with E-state index >= 15 is 0 Å². The molecule has 0 spiro atoms. The smallest absolute Gasteiger partial charge is 0.344 e. The molecule has 0 bridgehead atoms. The second kappa shape index (κ2) is 4.61. The van der Waals surface area contributed by atoms with Gasteiger partial charge in [-0.15, -0.1) is 0 Å². The molecule has 2 atom stereocenters. The Labute approximate surface area is 149 Å². The van der Waals surface area contributed by atoms with Crippen molar-refractivity contribution in [1.29, 1.82) is 0 Å². The van der Waals surface area contributed by atoms with Gasteiger partial charge in [0, 0.05) is 17.1 Å². The van der Waals surface area contributed by atoms with E-state index in [0.717, 1.165) is 30.5 Å². The van der Waals surface area contributed by atoms with Crippen molar-refractivity contribution in [3.8, 4) is 11.5 Å². The molecule has 3 N–H and O–H groups in total. The Kier molecular flexibility index (Phi) is 2.75. The van der Waals surface area contributed by atoms with Crippen molar-refractivity contribution in [2.75, 3.05) is 5.32 Å². The van der Waals surface area contributed by atoms with Gasteiger partial charge in [0.05, 0.1) is 5.41 Å². The normalized spacial score (nSPS) is 28.9. The fourth-order valence-corrected chi connectivity index (χ4v) is 5.08. The second-order valence-corrected chi connectivity index (χ2v) is 7.44. The van der Waals surface area contributed by atoms with Crippen molar-refractivity contribution in [1.82, 2.24) is 0 Å². The lowest BCUT2D eigenvalue weighted by Gasteiger charge is -2.51. The third kappa shape index (κ3) is 1.62. The summed E-state index contributed by atoms with van der Waals surface area (Å²) < 4.78 is 5.91. The summed E-state index contributed by atoms with van der Waals surface area (Å²) in [5.41, 5.74) is 1.09. The van der Waals surface area contributed by atoms with E-state index < -0.39 is 22.9 Å². The first kappa shape index (κ1) is 14.9. The van der Waals surface area contributed by atoms with Gasteiger partial charge in [-0.05, 0) is 48.2 Å². The lowest BCUT2D eigenvalue weighted by molar-refractivity contribution is -0.0601. The summed E-state index contributed by atoms with van der Waals surface area (Å²) in [4.78, 5) is 12.7. The van der Waals surface area contributed by atoms with Crippen LogP contribution in [-0.4, -0.2) is 21.9 Å². The lowest BCUT2D eigenvalue weighted by Crippen LogP contribution is -2.60. The number of anilines is 1. The number of phenolic OH excluding ortho intramolecular Hbond substituents is 2. The second-order valence-electron chi connectivity index (χ2n) is 7.00. The van der Waals surface area contributed by atoms with Crippen LogP contribution in [-0.2, 0) is 10.2 Å². The summed E-state index contributed by atoms with van der Waals surface area (Å²) in [6.45, 7) is 0. The highest BCUT2D eigenvalue weighted by atomic mass is 35.5. The van der Waals surface area contributed by atoms with Gasteiger partial charge in [-0.25, -0.2) is 4.79 Å². The molecule has 6 heteroatoms. The monoisotopic (exact) mass is 357 g/mol. The minimum atomic E-state index is -0.883. The molecule has 1 aliphatic carbocycles. The van der Waals surface area contributed by atoms with Crippen LogP contribution in [0.4, 0.5) is 5.69 Å². The highest BCUT2D eigenvalue weighted by molar-refractivity contribution is 6.30. The number of esters is 1. The molecule has 1 unspecified atom stereocenters. The molecule has 0 saturated heterocycles. The predicted molar refractivity (Wildman–Crippen MR) is 92.2 cm³/mol. The van der Waals surface area contributed by atoms with Crippen LogP contribution < -0.4 is 5.32 Å². The van der Waals surface area contributed by atoms with Gasteiger partial charge in [-0.3, -0.25) is 0 Å². The lowest BCUT2D eigenvalue weighted by atomic mass is 9.59. The van der Waals surface area contributed by atoms with Crippen LogP contribution in [0.3, 0.4) is 0 Å². The third-order valence-electron chi connectivity index (χ3n) is 5.89. The zero-order chi connectivity index (χ0) is 17.4. The van der Waals surface area contributed by atoms with Crippen molar-refractivity contribution in [2.45, 2.75) is 36.8 Å². The van der Waals surface area contributed by atoms with Gasteiger partial charge in [-0.2, -0.15) is 0 Å². The Morgan fingerprint density at radius 2 is 1.88 bits per heavy atom. The highest BCUT2D eigenvalue weighted by Gasteiger charge is 2.66.